The maximum absolute atomic E-state index is 12.3. The van der Waals surface area contributed by atoms with Crippen molar-refractivity contribution in [3.8, 4) is 17.4 Å². The van der Waals surface area contributed by atoms with Crippen LogP contribution in [0.3, 0.4) is 0 Å². The quantitative estimate of drug-likeness (QED) is 0.602. The Hall–Kier alpha value is -2.55. The minimum Gasteiger partial charge on any atom is -0.457 e. The van der Waals surface area contributed by atoms with Gasteiger partial charge in [0, 0.05) is 29.8 Å². The third kappa shape index (κ3) is 5.46. The van der Waals surface area contributed by atoms with Crippen molar-refractivity contribution >= 4 is 23.6 Å². The molecule has 0 spiro atoms. The zero-order valence-corrected chi connectivity index (χ0v) is 15.8. The van der Waals surface area contributed by atoms with E-state index in [4.69, 9.17) is 16.0 Å². The number of hydrogen-bond donors (Lipinski definition) is 1. The first-order chi connectivity index (χ1) is 13.2. The van der Waals surface area contributed by atoms with Crippen molar-refractivity contribution in [3.63, 3.8) is 0 Å². The van der Waals surface area contributed by atoms with E-state index in [1.54, 1.807) is 24.3 Å². The Morgan fingerprint density at radius 3 is 2.81 bits per heavy atom. The number of halogens is 1. The highest BCUT2D eigenvalue weighted by molar-refractivity contribution is 6.30. The molecule has 1 amide bonds. The molecule has 6 heteroatoms. The van der Waals surface area contributed by atoms with Gasteiger partial charge in [0.15, 0.2) is 0 Å². The predicted molar refractivity (Wildman–Crippen MR) is 106 cm³/mol. The van der Waals surface area contributed by atoms with Crippen LogP contribution in [-0.2, 0) is 4.79 Å². The zero-order chi connectivity index (χ0) is 19.1. The third-order valence-corrected chi connectivity index (χ3v) is 4.78. The molecule has 3 rings (SSSR count). The molecule has 2 heterocycles. The van der Waals surface area contributed by atoms with E-state index < -0.39 is 0 Å². The molecule has 1 aromatic carbocycles. The molecule has 1 saturated heterocycles. The molecule has 1 aromatic heterocycles. The second kappa shape index (κ2) is 9.40. The van der Waals surface area contributed by atoms with Gasteiger partial charge in [0.1, 0.15) is 23.2 Å². The summed E-state index contributed by atoms with van der Waals surface area (Å²) < 4.78 is 5.73. The van der Waals surface area contributed by atoms with E-state index in [0.29, 0.717) is 23.1 Å². The molecule has 2 aromatic rings. The summed E-state index contributed by atoms with van der Waals surface area (Å²) in [6.07, 6.45) is 5.17. The van der Waals surface area contributed by atoms with Crippen LogP contribution in [0.2, 0.25) is 5.02 Å². The molecule has 1 fully saturated rings. The molecular weight excluding hydrogens is 362 g/mol. The minimum absolute atomic E-state index is 0.0284. The molecule has 0 unspecified atom stereocenters. The van der Waals surface area contributed by atoms with Crippen LogP contribution < -0.4 is 5.32 Å². The highest BCUT2D eigenvalue weighted by Gasteiger charge is 2.13. The Bertz CT molecular complexity index is 860. The number of nitrogens with one attached hydrogen (secondary N) is 1. The molecule has 1 aliphatic heterocycles. The van der Waals surface area contributed by atoms with Crippen molar-refractivity contribution in [3.05, 3.63) is 52.8 Å². The molecule has 1 N–H and O–H groups in total. The van der Waals surface area contributed by atoms with Crippen molar-refractivity contribution in [2.24, 2.45) is 0 Å². The Morgan fingerprint density at radius 1 is 1.26 bits per heavy atom. The van der Waals surface area contributed by atoms with Crippen molar-refractivity contribution in [2.45, 2.75) is 19.3 Å². The predicted octanol–water partition coefficient (Wildman–Crippen LogP) is 4.11. The van der Waals surface area contributed by atoms with E-state index >= 15 is 0 Å². The van der Waals surface area contributed by atoms with Crippen LogP contribution in [0.5, 0.6) is 0 Å². The Labute approximate surface area is 164 Å². The van der Waals surface area contributed by atoms with Crippen LogP contribution in [0.4, 0.5) is 0 Å². The Morgan fingerprint density at radius 2 is 2.07 bits per heavy atom. The number of furan rings is 1. The number of nitrogens with zero attached hydrogens (tertiary/aromatic N) is 2. The van der Waals surface area contributed by atoms with Crippen molar-refractivity contribution in [1.82, 2.24) is 10.2 Å². The van der Waals surface area contributed by atoms with Gasteiger partial charge in [-0.2, -0.15) is 5.26 Å². The van der Waals surface area contributed by atoms with E-state index in [-0.39, 0.29) is 11.5 Å². The summed E-state index contributed by atoms with van der Waals surface area (Å²) in [5.74, 6) is 0.703. The molecule has 5 nitrogen and oxygen atoms in total. The molecule has 0 saturated carbocycles. The summed E-state index contributed by atoms with van der Waals surface area (Å²) in [6, 6.07) is 12.8. The first-order valence-electron chi connectivity index (χ1n) is 9.14. The second-order valence-corrected chi connectivity index (χ2v) is 6.98. The van der Waals surface area contributed by atoms with Crippen molar-refractivity contribution in [1.29, 1.82) is 5.26 Å². The molecule has 0 aliphatic carbocycles. The lowest BCUT2D eigenvalue weighted by atomic mass is 10.1. The lowest BCUT2D eigenvalue weighted by molar-refractivity contribution is -0.117. The highest BCUT2D eigenvalue weighted by Crippen LogP contribution is 2.25. The van der Waals surface area contributed by atoms with Gasteiger partial charge in [0.05, 0.1) is 0 Å². The van der Waals surface area contributed by atoms with Crippen molar-refractivity contribution in [2.75, 3.05) is 26.2 Å². The summed E-state index contributed by atoms with van der Waals surface area (Å²) in [5.41, 5.74) is 0.868. The average Bonchev–Trinajstić information content (AvgIpc) is 3.15. The molecule has 140 valence electrons. The number of amides is 1. The molecule has 1 aliphatic rings. The number of carbonyl (C=O) groups is 1. The van der Waals surface area contributed by atoms with Gasteiger partial charge in [-0.25, -0.2) is 0 Å². The zero-order valence-electron chi connectivity index (χ0n) is 15.1. The first kappa shape index (κ1) is 19.2. The molecule has 0 radical (unpaired) electrons. The number of piperidine rings is 1. The Balaban J connectivity index is 1.60. The second-order valence-electron chi connectivity index (χ2n) is 6.54. The van der Waals surface area contributed by atoms with E-state index in [1.165, 1.54) is 25.3 Å². The maximum Gasteiger partial charge on any atom is 0.262 e. The van der Waals surface area contributed by atoms with Crippen LogP contribution in [0.25, 0.3) is 17.4 Å². The number of carbonyl (C=O) groups excluding carboxylic acids is 1. The van der Waals surface area contributed by atoms with Gasteiger partial charge in [-0.05, 0) is 50.2 Å². The summed E-state index contributed by atoms with van der Waals surface area (Å²) in [4.78, 5) is 14.6. The van der Waals surface area contributed by atoms with Crippen LogP contribution >= 0.6 is 11.6 Å². The normalized spacial score (nSPS) is 15.3. The van der Waals surface area contributed by atoms with Crippen LogP contribution in [-0.4, -0.2) is 37.0 Å². The number of hydrogen-bond acceptors (Lipinski definition) is 4. The van der Waals surface area contributed by atoms with E-state index in [9.17, 15) is 10.1 Å². The van der Waals surface area contributed by atoms with Gasteiger partial charge in [-0.15, -0.1) is 0 Å². The molecule has 0 bridgehead atoms. The monoisotopic (exact) mass is 383 g/mol. The molecular formula is C21H22ClN3O2. The summed E-state index contributed by atoms with van der Waals surface area (Å²) in [7, 11) is 0. The number of likely N-dealkylation sites (tertiary alicyclic amines) is 1. The highest BCUT2D eigenvalue weighted by atomic mass is 35.5. The third-order valence-electron chi connectivity index (χ3n) is 4.55. The largest absolute Gasteiger partial charge is 0.457 e. The summed E-state index contributed by atoms with van der Waals surface area (Å²) in [6.45, 7) is 3.50. The lowest BCUT2D eigenvalue weighted by Crippen LogP contribution is -2.37. The van der Waals surface area contributed by atoms with E-state index in [2.05, 4.69) is 10.2 Å². The SMILES string of the molecule is N#CC(=Cc1ccc(-c2cccc(Cl)c2)o1)C(=O)NCCN1CCCCC1. The summed E-state index contributed by atoms with van der Waals surface area (Å²) >= 11 is 6.00. The first-order valence-corrected chi connectivity index (χ1v) is 9.51. The standard InChI is InChI=1S/C21H22ClN3O2/c22-18-6-4-5-16(13-18)20-8-7-19(27-20)14-17(15-23)21(26)24-9-12-25-10-2-1-3-11-25/h4-8,13-14H,1-3,9-12H2,(H,24,26). The fraction of sp³-hybridized carbons (Fsp3) is 0.333. The number of rotatable bonds is 6. The Kier molecular flexibility index (Phi) is 6.69. The van der Waals surface area contributed by atoms with E-state index in [1.807, 2.05) is 18.2 Å². The molecule has 0 atom stereocenters. The lowest BCUT2D eigenvalue weighted by Gasteiger charge is -2.26. The number of nitriles is 1. The molecule has 27 heavy (non-hydrogen) atoms. The summed E-state index contributed by atoms with van der Waals surface area (Å²) in [5, 5.41) is 12.8. The van der Waals surface area contributed by atoms with Gasteiger partial charge >= 0.3 is 0 Å². The van der Waals surface area contributed by atoms with Gasteiger partial charge in [-0.3, -0.25) is 4.79 Å². The van der Waals surface area contributed by atoms with Gasteiger partial charge in [0.2, 0.25) is 0 Å². The average molecular weight is 384 g/mol. The van der Waals surface area contributed by atoms with Crippen LogP contribution in [0.15, 0.2) is 46.4 Å². The van der Waals surface area contributed by atoms with E-state index in [0.717, 1.165) is 25.2 Å². The topological polar surface area (TPSA) is 69.3 Å². The number of benzene rings is 1. The van der Waals surface area contributed by atoms with Crippen LogP contribution in [0.1, 0.15) is 25.0 Å². The van der Waals surface area contributed by atoms with Gasteiger partial charge in [0.25, 0.3) is 5.91 Å². The maximum atomic E-state index is 12.3. The van der Waals surface area contributed by atoms with Gasteiger partial charge < -0.3 is 14.6 Å². The van der Waals surface area contributed by atoms with Crippen molar-refractivity contribution < 1.29 is 9.21 Å². The minimum atomic E-state index is -0.379. The smallest absolute Gasteiger partial charge is 0.262 e. The fourth-order valence-electron chi connectivity index (χ4n) is 3.12. The van der Waals surface area contributed by atoms with Crippen LogP contribution in [0, 0.1) is 11.3 Å². The van der Waals surface area contributed by atoms with Gasteiger partial charge in [-0.1, -0.05) is 30.2 Å². The fourth-order valence-corrected chi connectivity index (χ4v) is 3.31.